The molecule has 3 heteroatoms. The summed E-state index contributed by atoms with van der Waals surface area (Å²) in [5, 5.41) is 1.11. The highest BCUT2D eigenvalue weighted by Crippen LogP contribution is 2.30. The fourth-order valence-electron chi connectivity index (χ4n) is 3.82. The van der Waals surface area contributed by atoms with Gasteiger partial charge in [-0.1, -0.05) is 54.5 Å². The summed E-state index contributed by atoms with van der Waals surface area (Å²) < 4.78 is 0. The van der Waals surface area contributed by atoms with Crippen LogP contribution in [0.2, 0.25) is 0 Å². The van der Waals surface area contributed by atoms with Gasteiger partial charge in [0.15, 0.2) is 0 Å². The number of fused-ring (bicyclic) bond motifs is 2. The lowest BCUT2D eigenvalue weighted by atomic mass is 9.93. The Kier molecular flexibility index (Phi) is 7.27. The first kappa shape index (κ1) is 20.9. The quantitative estimate of drug-likeness (QED) is 0.651. The molecule has 3 nitrogen and oxygen atoms in total. The molecule has 29 heavy (non-hydrogen) atoms. The van der Waals surface area contributed by atoms with Crippen molar-refractivity contribution in [2.45, 2.75) is 45.1 Å². The number of terminal acetylenes is 1. The van der Waals surface area contributed by atoms with E-state index >= 15 is 0 Å². The third kappa shape index (κ3) is 5.37. The van der Waals surface area contributed by atoms with Gasteiger partial charge in [0.05, 0.1) is 12.1 Å². The van der Waals surface area contributed by atoms with Gasteiger partial charge in [0.25, 0.3) is 0 Å². The zero-order valence-corrected chi connectivity index (χ0v) is 17.6. The van der Waals surface area contributed by atoms with Crippen molar-refractivity contribution in [3.05, 3.63) is 71.4 Å². The zero-order valence-electron chi connectivity index (χ0n) is 17.6. The van der Waals surface area contributed by atoms with Crippen LogP contribution in [0.25, 0.3) is 10.9 Å². The van der Waals surface area contributed by atoms with Gasteiger partial charge in [-0.25, -0.2) is 0 Å². The number of aryl methyl sites for hydroxylation is 1. The molecule has 2 aromatic carbocycles. The second-order valence-electron chi connectivity index (χ2n) is 7.83. The lowest BCUT2D eigenvalue weighted by molar-refractivity contribution is 0.287. The van der Waals surface area contributed by atoms with Gasteiger partial charge >= 0.3 is 0 Å². The van der Waals surface area contributed by atoms with Gasteiger partial charge in [-0.15, -0.1) is 6.42 Å². The van der Waals surface area contributed by atoms with Crippen molar-refractivity contribution < 1.29 is 0 Å². The van der Waals surface area contributed by atoms with Gasteiger partial charge in [-0.3, -0.25) is 9.88 Å². The summed E-state index contributed by atoms with van der Waals surface area (Å²) in [4.78, 5) is 6.88. The molecule has 1 atom stereocenters. The average molecular weight is 386 g/mol. The number of hydrogen-bond donors (Lipinski definition) is 1. The van der Waals surface area contributed by atoms with Crippen LogP contribution in [0, 0.1) is 12.3 Å². The van der Waals surface area contributed by atoms with E-state index in [4.69, 9.17) is 17.1 Å². The van der Waals surface area contributed by atoms with E-state index in [1.807, 2.05) is 24.3 Å². The molecule has 0 bridgehead atoms. The highest BCUT2D eigenvalue weighted by molar-refractivity contribution is 5.92. The van der Waals surface area contributed by atoms with E-state index in [1.165, 1.54) is 29.7 Å². The molecule has 2 N–H and O–H groups in total. The normalized spacial score (nSPS) is 13.9. The number of anilines is 1. The summed E-state index contributed by atoms with van der Waals surface area (Å²) >= 11 is 0. The van der Waals surface area contributed by atoms with Crippen molar-refractivity contribution >= 4 is 16.6 Å². The minimum atomic E-state index is 0.494. The molecule has 1 aromatic heterocycles. The Bertz CT molecular complexity index is 972. The van der Waals surface area contributed by atoms with E-state index in [-0.39, 0.29) is 0 Å². The SMILES string of the molecule is C#CCN(C)[C@H](C)Cc1ccccc1.Nc1c2c(nc3ccccc13)CCCC2. The molecule has 0 spiro atoms. The summed E-state index contributed by atoms with van der Waals surface area (Å²) in [6.07, 6.45) is 11.0. The van der Waals surface area contributed by atoms with E-state index in [0.717, 1.165) is 35.9 Å². The number of nitrogens with two attached hydrogens (primary N) is 1. The Morgan fingerprint density at radius 2 is 1.76 bits per heavy atom. The first-order valence-corrected chi connectivity index (χ1v) is 10.4. The number of hydrogen-bond acceptors (Lipinski definition) is 3. The van der Waals surface area contributed by atoms with Crippen molar-refractivity contribution in [1.29, 1.82) is 0 Å². The van der Waals surface area contributed by atoms with Crippen molar-refractivity contribution in [2.75, 3.05) is 19.3 Å². The number of nitrogens with zero attached hydrogens (tertiary/aromatic N) is 2. The van der Waals surface area contributed by atoms with Gasteiger partial charge in [0, 0.05) is 22.8 Å². The Morgan fingerprint density at radius 1 is 1.07 bits per heavy atom. The average Bonchev–Trinajstić information content (AvgIpc) is 2.75. The maximum absolute atomic E-state index is 6.20. The van der Waals surface area contributed by atoms with Gasteiger partial charge in [-0.05, 0) is 63.3 Å². The van der Waals surface area contributed by atoms with Gasteiger partial charge < -0.3 is 5.73 Å². The number of nitrogen functional groups attached to an aromatic ring is 1. The molecule has 150 valence electrons. The molecule has 0 radical (unpaired) electrons. The highest BCUT2D eigenvalue weighted by Gasteiger charge is 2.15. The Hall–Kier alpha value is -2.83. The Balaban J connectivity index is 0.000000166. The fourth-order valence-corrected chi connectivity index (χ4v) is 3.82. The summed E-state index contributed by atoms with van der Waals surface area (Å²) in [5.74, 6) is 2.66. The predicted molar refractivity (Wildman–Crippen MR) is 124 cm³/mol. The topological polar surface area (TPSA) is 42.1 Å². The molecule has 1 aliphatic rings. The molecule has 4 rings (SSSR count). The number of aromatic nitrogens is 1. The van der Waals surface area contributed by atoms with E-state index in [9.17, 15) is 0 Å². The second-order valence-corrected chi connectivity index (χ2v) is 7.83. The van der Waals surface area contributed by atoms with Crippen LogP contribution in [0.3, 0.4) is 0 Å². The highest BCUT2D eigenvalue weighted by atomic mass is 15.1. The lowest BCUT2D eigenvalue weighted by Crippen LogP contribution is -2.31. The predicted octanol–water partition coefficient (Wildman–Crippen LogP) is 4.88. The molecule has 3 aromatic rings. The molecule has 1 aliphatic carbocycles. The molecule has 0 aliphatic heterocycles. The van der Waals surface area contributed by atoms with Gasteiger partial charge in [0.1, 0.15) is 0 Å². The number of para-hydroxylation sites is 1. The van der Waals surface area contributed by atoms with Crippen LogP contribution in [0.1, 0.15) is 36.6 Å². The van der Waals surface area contributed by atoms with Crippen LogP contribution in [-0.2, 0) is 19.3 Å². The van der Waals surface area contributed by atoms with E-state index in [2.05, 4.69) is 55.1 Å². The summed E-state index contributed by atoms with van der Waals surface area (Å²) in [7, 11) is 2.06. The molecule has 0 fully saturated rings. The summed E-state index contributed by atoms with van der Waals surface area (Å²) in [6, 6.07) is 19.1. The van der Waals surface area contributed by atoms with Crippen LogP contribution in [0.4, 0.5) is 5.69 Å². The fraction of sp³-hybridized carbons (Fsp3) is 0.346. The van der Waals surface area contributed by atoms with E-state index < -0.39 is 0 Å². The first-order chi connectivity index (χ1) is 14.1. The maximum atomic E-state index is 6.20. The molecule has 0 unspecified atom stereocenters. The number of rotatable bonds is 4. The van der Waals surface area contributed by atoms with Crippen LogP contribution < -0.4 is 5.73 Å². The van der Waals surface area contributed by atoms with Crippen LogP contribution in [-0.4, -0.2) is 29.5 Å². The van der Waals surface area contributed by atoms with Gasteiger partial charge in [0.2, 0.25) is 0 Å². The molecule has 1 heterocycles. The molecule has 0 saturated heterocycles. The third-order valence-corrected chi connectivity index (χ3v) is 5.68. The number of benzene rings is 2. The summed E-state index contributed by atoms with van der Waals surface area (Å²) in [5.41, 5.74) is 12.1. The smallest absolute Gasteiger partial charge is 0.0726 e. The molecular formula is C26H31N3. The second kappa shape index (κ2) is 10.1. The number of pyridine rings is 1. The van der Waals surface area contributed by atoms with Crippen molar-refractivity contribution in [1.82, 2.24) is 9.88 Å². The molecule has 0 amide bonds. The minimum Gasteiger partial charge on any atom is -0.398 e. The minimum absolute atomic E-state index is 0.494. The van der Waals surface area contributed by atoms with Gasteiger partial charge in [-0.2, -0.15) is 0 Å². The third-order valence-electron chi connectivity index (χ3n) is 5.68. The molecule has 0 saturated carbocycles. The Labute approximate surface area is 175 Å². The van der Waals surface area contributed by atoms with E-state index in [0.29, 0.717) is 12.6 Å². The van der Waals surface area contributed by atoms with Crippen LogP contribution in [0.15, 0.2) is 54.6 Å². The van der Waals surface area contributed by atoms with Crippen LogP contribution in [0.5, 0.6) is 0 Å². The molecular weight excluding hydrogens is 354 g/mol. The van der Waals surface area contributed by atoms with Crippen molar-refractivity contribution in [2.24, 2.45) is 0 Å². The summed E-state index contributed by atoms with van der Waals surface area (Å²) in [6.45, 7) is 2.92. The standard InChI is InChI=1S/C13H14N2.C13H17N/c14-13-9-5-1-3-7-11(9)15-12-8-4-2-6-10(12)13;1-4-10-14(3)12(2)11-13-8-6-5-7-9-13/h1,3,5,7H,2,4,6,8H2,(H2,14,15);1,5-9,12H,10-11H2,2-3H3/t;12-/m.1/s1. The Morgan fingerprint density at radius 3 is 2.52 bits per heavy atom. The van der Waals surface area contributed by atoms with Crippen molar-refractivity contribution in [3.8, 4) is 12.3 Å². The monoisotopic (exact) mass is 385 g/mol. The first-order valence-electron chi connectivity index (χ1n) is 10.4. The van der Waals surface area contributed by atoms with E-state index in [1.54, 1.807) is 0 Å². The lowest BCUT2D eigenvalue weighted by Gasteiger charge is -2.22. The maximum Gasteiger partial charge on any atom is 0.0726 e. The number of likely N-dealkylation sites (N-methyl/N-ethyl adjacent to an activating group) is 1. The largest absolute Gasteiger partial charge is 0.398 e. The zero-order chi connectivity index (χ0) is 20.6. The van der Waals surface area contributed by atoms with Crippen molar-refractivity contribution in [3.63, 3.8) is 0 Å². The van der Waals surface area contributed by atoms with Crippen LogP contribution >= 0.6 is 0 Å².